The lowest BCUT2D eigenvalue weighted by Gasteiger charge is -2.36. The van der Waals surface area contributed by atoms with Crippen LogP contribution in [0.2, 0.25) is 0 Å². The minimum atomic E-state index is 0.198. The van der Waals surface area contributed by atoms with Gasteiger partial charge in [-0.25, -0.2) is 4.98 Å². The van der Waals surface area contributed by atoms with Crippen LogP contribution in [0, 0.1) is 6.92 Å². The van der Waals surface area contributed by atoms with E-state index in [-0.39, 0.29) is 6.04 Å². The number of aromatic nitrogens is 2. The maximum Gasteiger partial charge on any atom is 0.119 e. The summed E-state index contributed by atoms with van der Waals surface area (Å²) < 4.78 is 5.66. The molecule has 0 fully saturated rings. The second kappa shape index (κ2) is 7.65. The number of aryl methyl sites for hydroxylation is 1. The van der Waals surface area contributed by atoms with Crippen molar-refractivity contribution in [3.63, 3.8) is 0 Å². The Balaban J connectivity index is 1.58. The van der Waals surface area contributed by atoms with Gasteiger partial charge in [-0.1, -0.05) is 30.3 Å². The normalized spacial score (nSPS) is 16.8. The number of H-pyrrole nitrogens is 1. The molecule has 0 spiro atoms. The first-order valence-corrected chi connectivity index (χ1v) is 11.0. The number of nitrogens with one attached hydrogen (secondary N) is 1. The van der Waals surface area contributed by atoms with Crippen molar-refractivity contribution in [2.45, 2.75) is 32.9 Å². The molecule has 1 N–H and O–H groups in total. The fourth-order valence-electron chi connectivity index (χ4n) is 4.43. The molecule has 1 aliphatic heterocycles. The summed E-state index contributed by atoms with van der Waals surface area (Å²) in [6.07, 6.45) is 3.08. The van der Waals surface area contributed by atoms with Crippen molar-refractivity contribution in [3.05, 3.63) is 81.4 Å². The van der Waals surface area contributed by atoms with E-state index in [9.17, 15) is 0 Å². The van der Waals surface area contributed by atoms with Crippen LogP contribution >= 0.6 is 11.3 Å². The number of hydrogen-bond donors (Lipinski definition) is 1. The lowest BCUT2D eigenvalue weighted by atomic mass is 9.92. The fraction of sp³-hybridized carbons (Fsp3) is 0.292. The molecule has 0 radical (unpaired) electrons. The highest BCUT2D eigenvalue weighted by Gasteiger charge is 2.32. The summed E-state index contributed by atoms with van der Waals surface area (Å²) in [5.41, 5.74) is 5.30. The van der Waals surface area contributed by atoms with Crippen LogP contribution in [0.25, 0.3) is 10.9 Å². The predicted molar refractivity (Wildman–Crippen MR) is 119 cm³/mol. The van der Waals surface area contributed by atoms with Gasteiger partial charge in [-0.05, 0) is 49.6 Å². The topological polar surface area (TPSA) is 41.1 Å². The Morgan fingerprint density at radius 1 is 1.17 bits per heavy atom. The molecule has 0 amide bonds. The zero-order valence-corrected chi connectivity index (χ0v) is 17.6. The van der Waals surface area contributed by atoms with Gasteiger partial charge in [0.2, 0.25) is 0 Å². The van der Waals surface area contributed by atoms with E-state index in [4.69, 9.17) is 4.74 Å². The lowest BCUT2D eigenvalue weighted by molar-refractivity contribution is 0.203. The maximum atomic E-state index is 5.66. The fourth-order valence-corrected chi connectivity index (χ4v) is 5.25. The molecule has 29 heavy (non-hydrogen) atoms. The molecule has 4 nitrogen and oxygen atoms in total. The Kier molecular flexibility index (Phi) is 4.86. The predicted octanol–water partition coefficient (Wildman–Crippen LogP) is 5.48. The number of para-hydroxylation sites is 1. The van der Waals surface area contributed by atoms with Gasteiger partial charge in [-0.2, -0.15) is 0 Å². The zero-order chi connectivity index (χ0) is 19.8. The summed E-state index contributed by atoms with van der Waals surface area (Å²) in [5, 5.41) is 2.48. The van der Waals surface area contributed by atoms with E-state index in [1.54, 1.807) is 11.3 Å². The van der Waals surface area contributed by atoms with Crippen molar-refractivity contribution in [2.75, 3.05) is 13.2 Å². The molecule has 4 aromatic rings. The van der Waals surface area contributed by atoms with Gasteiger partial charge in [0.15, 0.2) is 0 Å². The molecule has 0 aliphatic carbocycles. The summed E-state index contributed by atoms with van der Waals surface area (Å²) in [5.74, 6) is 0.925. The van der Waals surface area contributed by atoms with Gasteiger partial charge in [-0.3, -0.25) is 4.90 Å². The van der Waals surface area contributed by atoms with Crippen molar-refractivity contribution >= 4 is 22.2 Å². The van der Waals surface area contributed by atoms with Crippen LogP contribution in [0.1, 0.15) is 39.7 Å². The highest BCUT2D eigenvalue weighted by atomic mass is 32.1. The summed E-state index contributed by atoms with van der Waals surface area (Å²) in [6, 6.07) is 17.5. The van der Waals surface area contributed by atoms with Gasteiger partial charge in [-0.15, -0.1) is 11.3 Å². The molecule has 0 saturated heterocycles. The van der Waals surface area contributed by atoms with Crippen molar-refractivity contribution in [1.29, 1.82) is 0 Å². The van der Waals surface area contributed by atoms with E-state index in [0.29, 0.717) is 6.61 Å². The number of aromatic amines is 1. The lowest BCUT2D eigenvalue weighted by Crippen LogP contribution is -2.35. The molecule has 148 valence electrons. The van der Waals surface area contributed by atoms with Gasteiger partial charge in [0.25, 0.3) is 0 Å². The van der Waals surface area contributed by atoms with Gasteiger partial charge < -0.3 is 9.72 Å². The number of hydrogen-bond acceptors (Lipinski definition) is 4. The SMILES string of the molecule is CCOc1ccc(C2c3[nH]c4ccccc4c3CCN2Cc2cnc(C)s2)cc1. The van der Waals surface area contributed by atoms with E-state index in [1.807, 2.05) is 13.1 Å². The Labute approximate surface area is 175 Å². The summed E-state index contributed by atoms with van der Waals surface area (Å²) in [7, 11) is 0. The molecule has 5 rings (SSSR count). The number of ether oxygens (including phenoxy) is 1. The number of benzene rings is 2. The molecule has 2 aromatic heterocycles. The second-order valence-corrected chi connectivity index (χ2v) is 8.85. The third-order valence-electron chi connectivity index (χ3n) is 5.67. The first kappa shape index (κ1) is 18.4. The molecule has 0 bridgehead atoms. The minimum Gasteiger partial charge on any atom is -0.494 e. The molecular formula is C24H25N3OS. The molecule has 5 heteroatoms. The van der Waals surface area contributed by atoms with Gasteiger partial charge in [0.1, 0.15) is 5.75 Å². The van der Waals surface area contributed by atoms with Crippen molar-refractivity contribution in [2.24, 2.45) is 0 Å². The highest BCUT2D eigenvalue weighted by molar-refractivity contribution is 7.11. The van der Waals surface area contributed by atoms with Crippen LogP contribution in [-0.2, 0) is 13.0 Å². The maximum absolute atomic E-state index is 5.66. The first-order valence-electron chi connectivity index (χ1n) is 10.2. The van der Waals surface area contributed by atoms with Crippen molar-refractivity contribution in [3.8, 4) is 5.75 Å². The van der Waals surface area contributed by atoms with E-state index in [0.717, 1.165) is 30.3 Å². The number of fused-ring (bicyclic) bond motifs is 3. The smallest absolute Gasteiger partial charge is 0.119 e. The first-order chi connectivity index (χ1) is 14.2. The molecule has 1 aliphatic rings. The van der Waals surface area contributed by atoms with E-state index in [1.165, 1.54) is 32.6 Å². The standard InChI is InChI=1S/C24H25N3OS/c1-3-28-18-10-8-17(9-11-18)24-23-21(20-6-4-5-7-22(20)26-23)12-13-27(24)15-19-14-25-16(2)29-19/h4-11,14,24,26H,3,12-13,15H2,1-2H3. The summed E-state index contributed by atoms with van der Waals surface area (Å²) >= 11 is 1.79. The molecule has 2 aromatic carbocycles. The van der Waals surface area contributed by atoms with Gasteiger partial charge in [0.05, 0.1) is 17.7 Å². The van der Waals surface area contributed by atoms with Crippen LogP contribution in [0.3, 0.4) is 0 Å². The van der Waals surface area contributed by atoms with E-state index >= 15 is 0 Å². The highest BCUT2D eigenvalue weighted by Crippen LogP contribution is 2.39. The average Bonchev–Trinajstić information content (AvgIpc) is 3.32. The molecule has 1 unspecified atom stereocenters. The van der Waals surface area contributed by atoms with Crippen molar-refractivity contribution < 1.29 is 4.74 Å². The quantitative estimate of drug-likeness (QED) is 0.480. The third kappa shape index (κ3) is 3.45. The number of thiazole rings is 1. The van der Waals surface area contributed by atoms with Gasteiger partial charge in [0, 0.05) is 40.8 Å². The number of nitrogens with zero attached hydrogens (tertiary/aromatic N) is 2. The Hall–Kier alpha value is -2.63. The zero-order valence-electron chi connectivity index (χ0n) is 16.8. The average molecular weight is 404 g/mol. The number of rotatable bonds is 5. The van der Waals surface area contributed by atoms with Crippen LogP contribution in [0.4, 0.5) is 0 Å². The Morgan fingerprint density at radius 2 is 2.00 bits per heavy atom. The summed E-state index contributed by atoms with van der Waals surface area (Å²) in [4.78, 5) is 12.1. The van der Waals surface area contributed by atoms with Crippen LogP contribution < -0.4 is 4.74 Å². The largest absolute Gasteiger partial charge is 0.494 e. The molecular weight excluding hydrogens is 378 g/mol. The monoisotopic (exact) mass is 403 g/mol. The Bertz CT molecular complexity index is 1130. The van der Waals surface area contributed by atoms with E-state index < -0.39 is 0 Å². The molecule has 3 heterocycles. The minimum absolute atomic E-state index is 0.198. The van der Waals surface area contributed by atoms with Gasteiger partial charge >= 0.3 is 0 Å². The van der Waals surface area contributed by atoms with Crippen LogP contribution in [0.15, 0.2) is 54.7 Å². The van der Waals surface area contributed by atoms with E-state index in [2.05, 4.69) is 70.3 Å². The molecule has 1 atom stereocenters. The second-order valence-electron chi connectivity index (χ2n) is 7.53. The Morgan fingerprint density at radius 3 is 2.76 bits per heavy atom. The third-order valence-corrected chi connectivity index (χ3v) is 6.57. The van der Waals surface area contributed by atoms with Crippen molar-refractivity contribution in [1.82, 2.24) is 14.9 Å². The van der Waals surface area contributed by atoms with Crippen LogP contribution in [0.5, 0.6) is 5.75 Å². The summed E-state index contributed by atoms with van der Waals surface area (Å²) in [6.45, 7) is 6.72. The van der Waals surface area contributed by atoms with Crippen LogP contribution in [-0.4, -0.2) is 28.0 Å². The molecule has 0 saturated carbocycles.